The number of ether oxygens (including phenoxy) is 3. The van der Waals surface area contributed by atoms with E-state index in [9.17, 15) is 9.90 Å². The highest BCUT2D eigenvalue weighted by Crippen LogP contribution is 2.42. The van der Waals surface area contributed by atoms with Gasteiger partial charge in [-0.15, -0.1) is 0 Å². The monoisotopic (exact) mass is 430 g/mol. The first-order valence-electron chi connectivity index (χ1n) is 9.86. The standard InChI is InChI=1S/C25H22N2O5/c1-30-22-13-16(14-23(31-2)24(22)32-3)20-15-21(18-11-7-8-12-19(18)25(28)29)27(26-20)17-9-5-4-6-10-17/h4-15H,1-3H3,(H,28,29). The molecule has 0 radical (unpaired) electrons. The molecule has 4 aromatic rings. The second-order valence-electron chi connectivity index (χ2n) is 6.93. The molecule has 1 aromatic heterocycles. The summed E-state index contributed by atoms with van der Waals surface area (Å²) in [7, 11) is 4.65. The van der Waals surface area contributed by atoms with Crippen molar-refractivity contribution in [3.63, 3.8) is 0 Å². The number of benzene rings is 3. The Morgan fingerprint density at radius 3 is 2.06 bits per heavy atom. The molecule has 7 heteroatoms. The van der Waals surface area contributed by atoms with Gasteiger partial charge in [0.2, 0.25) is 5.75 Å². The fourth-order valence-corrected chi connectivity index (χ4v) is 3.60. The average molecular weight is 430 g/mol. The second kappa shape index (κ2) is 8.85. The van der Waals surface area contributed by atoms with Gasteiger partial charge in [-0.1, -0.05) is 36.4 Å². The SMILES string of the molecule is COc1cc(-c2cc(-c3ccccc3C(=O)O)n(-c3ccccc3)n2)cc(OC)c1OC. The average Bonchev–Trinajstić information content (AvgIpc) is 3.29. The Kier molecular flexibility index (Phi) is 5.81. The molecule has 1 heterocycles. The number of carboxylic acids is 1. The van der Waals surface area contributed by atoms with E-state index in [4.69, 9.17) is 19.3 Å². The highest BCUT2D eigenvalue weighted by molar-refractivity contribution is 5.96. The minimum Gasteiger partial charge on any atom is -0.493 e. The van der Waals surface area contributed by atoms with E-state index >= 15 is 0 Å². The normalized spacial score (nSPS) is 10.6. The molecule has 0 amide bonds. The second-order valence-corrected chi connectivity index (χ2v) is 6.93. The summed E-state index contributed by atoms with van der Waals surface area (Å²) < 4.78 is 18.1. The molecule has 0 aliphatic carbocycles. The molecule has 1 N–H and O–H groups in total. The van der Waals surface area contributed by atoms with E-state index < -0.39 is 5.97 Å². The lowest BCUT2D eigenvalue weighted by Gasteiger charge is -2.13. The van der Waals surface area contributed by atoms with E-state index in [-0.39, 0.29) is 5.56 Å². The van der Waals surface area contributed by atoms with Gasteiger partial charge in [0.25, 0.3) is 0 Å². The lowest BCUT2D eigenvalue weighted by Crippen LogP contribution is -2.04. The summed E-state index contributed by atoms with van der Waals surface area (Å²) in [4.78, 5) is 11.9. The van der Waals surface area contributed by atoms with Gasteiger partial charge in [-0.2, -0.15) is 5.10 Å². The molecular formula is C25H22N2O5. The van der Waals surface area contributed by atoms with Gasteiger partial charge < -0.3 is 19.3 Å². The van der Waals surface area contributed by atoms with Gasteiger partial charge in [0.1, 0.15) is 0 Å². The van der Waals surface area contributed by atoms with E-state index in [1.54, 1.807) is 44.2 Å². The fourth-order valence-electron chi connectivity index (χ4n) is 3.60. The molecule has 0 aliphatic heterocycles. The van der Waals surface area contributed by atoms with Crippen molar-refractivity contribution in [1.82, 2.24) is 9.78 Å². The molecule has 0 bridgehead atoms. The lowest BCUT2D eigenvalue weighted by molar-refractivity contribution is 0.0697. The molecule has 0 aliphatic rings. The molecule has 0 atom stereocenters. The Morgan fingerprint density at radius 1 is 0.844 bits per heavy atom. The molecule has 3 aromatic carbocycles. The summed E-state index contributed by atoms with van der Waals surface area (Å²) >= 11 is 0. The van der Waals surface area contributed by atoms with Crippen molar-refractivity contribution in [2.24, 2.45) is 0 Å². The number of aromatic carboxylic acids is 1. The van der Waals surface area contributed by atoms with Gasteiger partial charge in [0.05, 0.1) is 44.0 Å². The summed E-state index contributed by atoms with van der Waals surface area (Å²) in [5.74, 6) is 0.487. The van der Waals surface area contributed by atoms with Crippen LogP contribution in [0.5, 0.6) is 17.2 Å². The third-order valence-electron chi connectivity index (χ3n) is 5.10. The first-order chi connectivity index (χ1) is 15.6. The number of carbonyl (C=O) groups is 1. The van der Waals surface area contributed by atoms with E-state index in [0.717, 1.165) is 11.3 Å². The summed E-state index contributed by atoms with van der Waals surface area (Å²) in [6.07, 6.45) is 0. The van der Waals surface area contributed by atoms with Gasteiger partial charge in [-0.25, -0.2) is 9.48 Å². The molecule has 4 rings (SSSR count). The zero-order valence-corrected chi connectivity index (χ0v) is 17.9. The zero-order chi connectivity index (χ0) is 22.7. The Balaban J connectivity index is 1.97. The van der Waals surface area contributed by atoms with Crippen molar-refractivity contribution < 1.29 is 24.1 Å². The van der Waals surface area contributed by atoms with Crippen LogP contribution in [0.3, 0.4) is 0 Å². The number of nitrogens with zero attached hydrogens (tertiary/aromatic N) is 2. The van der Waals surface area contributed by atoms with Crippen LogP contribution < -0.4 is 14.2 Å². The topological polar surface area (TPSA) is 82.8 Å². The van der Waals surface area contributed by atoms with Crippen molar-refractivity contribution in [3.8, 4) is 45.5 Å². The molecular weight excluding hydrogens is 408 g/mol. The van der Waals surface area contributed by atoms with Crippen molar-refractivity contribution in [1.29, 1.82) is 0 Å². The van der Waals surface area contributed by atoms with Crippen LogP contribution in [-0.4, -0.2) is 42.2 Å². The third kappa shape index (κ3) is 3.76. The van der Waals surface area contributed by atoms with Crippen LogP contribution in [0, 0.1) is 0 Å². The quantitative estimate of drug-likeness (QED) is 0.448. The van der Waals surface area contributed by atoms with Crippen LogP contribution in [0.1, 0.15) is 10.4 Å². The Bertz CT molecular complexity index is 1240. The van der Waals surface area contributed by atoms with E-state index in [2.05, 4.69) is 0 Å². The first-order valence-corrected chi connectivity index (χ1v) is 9.86. The van der Waals surface area contributed by atoms with E-state index in [1.165, 1.54) is 0 Å². The summed E-state index contributed by atoms with van der Waals surface area (Å²) in [5, 5.41) is 14.5. The molecule has 0 saturated heterocycles. The maximum Gasteiger partial charge on any atom is 0.336 e. The summed E-state index contributed by atoms with van der Waals surface area (Å²) in [6.45, 7) is 0. The summed E-state index contributed by atoms with van der Waals surface area (Å²) in [5.41, 5.74) is 3.59. The smallest absolute Gasteiger partial charge is 0.336 e. The highest BCUT2D eigenvalue weighted by atomic mass is 16.5. The van der Waals surface area contributed by atoms with Crippen LogP contribution in [-0.2, 0) is 0 Å². The van der Waals surface area contributed by atoms with Crippen LogP contribution in [0.2, 0.25) is 0 Å². The predicted octanol–water partition coefficient (Wildman–Crippen LogP) is 4.93. The third-order valence-corrected chi connectivity index (χ3v) is 5.10. The molecule has 0 fully saturated rings. The van der Waals surface area contributed by atoms with Crippen molar-refractivity contribution >= 4 is 5.97 Å². The van der Waals surface area contributed by atoms with Gasteiger partial charge in [0.15, 0.2) is 11.5 Å². The van der Waals surface area contributed by atoms with Gasteiger partial charge in [0, 0.05) is 11.1 Å². The van der Waals surface area contributed by atoms with E-state index in [1.807, 2.05) is 54.6 Å². The summed E-state index contributed by atoms with van der Waals surface area (Å²) in [6, 6.07) is 21.9. The van der Waals surface area contributed by atoms with Crippen molar-refractivity contribution in [2.45, 2.75) is 0 Å². The minimum absolute atomic E-state index is 0.195. The molecule has 0 spiro atoms. The molecule has 7 nitrogen and oxygen atoms in total. The van der Waals surface area contributed by atoms with E-state index in [0.29, 0.717) is 34.2 Å². The fraction of sp³-hybridized carbons (Fsp3) is 0.120. The van der Waals surface area contributed by atoms with Gasteiger partial charge >= 0.3 is 5.97 Å². The predicted molar refractivity (Wildman–Crippen MR) is 121 cm³/mol. The first kappa shape index (κ1) is 21.0. The molecule has 0 unspecified atom stereocenters. The Morgan fingerprint density at radius 2 is 1.47 bits per heavy atom. The Hall–Kier alpha value is -4.26. The lowest BCUT2D eigenvalue weighted by atomic mass is 10.0. The highest BCUT2D eigenvalue weighted by Gasteiger charge is 2.20. The number of aromatic nitrogens is 2. The number of para-hydroxylation sites is 1. The molecule has 162 valence electrons. The van der Waals surface area contributed by atoms with Crippen LogP contribution in [0.25, 0.3) is 28.2 Å². The van der Waals surface area contributed by atoms with Crippen molar-refractivity contribution in [3.05, 3.63) is 78.4 Å². The van der Waals surface area contributed by atoms with Gasteiger partial charge in [-0.3, -0.25) is 0 Å². The molecule has 0 saturated carbocycles. The Labute approximate surface area is 185 Å². The minimum atomic E-state index is -1.00. The number of hydrogen-bond donors (Lipinski definition) is 1. The maximum atomic E-state index is 11.9. The number of hydrogen-bond acceptors (Lipinski definition) is 5. The zero-order valence-electron chi connectivity index (χ0n) is 17.9. The van der Waals surface area contributed by atoms with Crippen LogP contribution >= 0.6 is 0 Å². The number of carboxylic acid groups (broad SMARTS) is 1. The maximum absolute atomic E-state index is 11.9. The largest absolute Gasteiger partial charge is 0.493 e. The molecule has 32 heavy (non-hydrogen) atoms. The number of rotatable bonds is 7. The van der Waals surface area contributed by atoms with Gasteiger partial charge in [-0.05, 0) is 36.4 Å². The van der Waals surface area contributed by atoms with Crippen LogP contribution in [0.15, 0.2) is 72.8 Å². The van der Waals surface area contributed by atoms with Crippen LogP contribution in [0.4, 0.5) is 0 Å². The number of methoxy groups -OCH3 is 3. The van der Waals surface area contributed by atoms with Crippen molar-refractivity contribution in [2.75, 3.05) is 21.3 Å².